The molecular formula is C14H19N3O2. The van der Waals surface area contributed by atoms with Crippen molar-refractivity contribution in [3.63, 3.8) is 0 Å². The molecule has 0 bridgehead atoms. The first-order valence-electron chi connectivity index (χ1n) is 6.28. The maximum absolute atomic E-state index is 11.7. The van der Waals surface area contributed by atoms with Gasteiger partial charge in [0.1, 0.15) is 0 Å². The summed E-state index contributed by atoms with van der Waals surface area (Å²) in [5.74, 6) is 0. The Kier molecular flexibility index (Phi) is 4.04. The summed E-state index contributed by atoms with van der Waals surface area (Å²) >= 11 is 0. The Morgan fingerprint density at radius 2 is 2.00 bits per heavy atom. The molecule has 0 N–H and O–H groups in total. The van der Waals surface area contributed by atoms with Crippen LogP contribution in [0.4, 0.5) is 4.79 Å². The Morgan fingerprint density at radius 3 is 2.63 bits per heavy atom. The molecule has 0 aliphatic carbocycles. The van der Waals surface area contributed by atoms with E-state index in [9.17, 15) is 4.79 Å². The summed E-state index contributed by atoms with van der Waals surface area (Å²) < 4.78 is 0. The van der Waals surface area contributed by atoms with Crippen molar-refractivity contribution in [2.45, 2.75) is 12.5 Å². The van der Waals surface area contributed by atoms with Crippen molar-refractivity contribution in [3.8, 4) is 0 Å². The molecule has 5 nitrogen and oxygen atoms in total. The van der Waals surface area contributed by atoms with Crippen molar-refractivity contribution in [3.05, 3.63) is 35.9 Å². The predicted molar refractivity (Wildman–Crippen MR) is 74.2 cm³/mol. The molecule has 5 heteroatoms. The number of benzene rings is 1. The van der Waals surface area contributed by atoms with Crippen molar-refractivity contribution in [2.75, 3.05) is 27.7 Å². The van der Waals surface area contributed by atoms with E-state index in [4.69, 9.17) is 4.84 Å². The van der Waals surface area contributed by atoms with Crippen molar-refractivity contribution in [2.24, 2.45) is 5.16 Å². The van der Waals surface area contributed by atoms with Crippen LogP contribution in [0.15, 0.2) is 35.5 Å². The summed E-state index contributed by atoms with van der Waals surface area (Å²) in [5, 5.41) is 4.11. The third-order valence-corrected chi connectivity index (χ3v) is 3.03. The lowest BCUT2D eigenvalue weighted by molar-refractivity contribution is 0.0625. The van der Waals surface area contributed by atoms with Crippen LogP contribution in [0.2, 0.25) is 0 Å². The zero-order chi connectivity index (χ0) is 13.8. The second-order valence-electron chi connectivity index (χ2n) is 4.89. The maximum Gasteiger partial charge on any atom is 0.319 e. The molecule has 1 heterocycles. The molecule has 0 radical (unpaired) electrons. The van der Waals surface area contributed by atoms with Crippen molar-refractivity contribution < 1.29 is 9.63 Å². The molecule has 0 aromatic heterocycles. The first-order valence-corrected chi connectivity index (χ1v) is 6.28. The zero-order valence-electron chi connectivity index (χ0n) is 11.5. The molecule has 2 rings (SSSR count). The van der Waals surface area contributed by atoms with Crippen LogP contribution >= 0.6 is 0 Å². The van der Waals surface area contributed by atoms with E-state index in [1.54, 1.807) is 30.9 Å². The van der Waals surface area contributed by atoms with Gasteiger partial charge in [0.25, 0.3) is 0 Å². The summed E-state index contributed by atoms with van der Waals surface area (Å²) in [6, 6.07) is 9.93. The van der Waals surface area contributed by atoms with Crippen LogP contribution in [0.5, 0.6) is 0 Å². The topological polar surface area (TPSA) is 45.1 Å². The molecule has 0 saturated carbocycles. The van der Waals surface area contributed by atoms with E-state index in [2.05, 4.69) is 5.16 Å². The van der Waals surface area contributed by atoms with E-state index in [0.29, 0.717) is 6.54 Å². The molecular weight excluding hydrogens is 242 g/mol. The van der Waals surface area contributed by atoms with Crippen molar-refractivity contribution >= 4 is 11.7 Å². The molecule has 1 aromatic rings. The molecule has 1 aliphatic rings. The molecule has 0 fully saturated rings. The lowest BCUT2D eigenvalue weighted by Crippen LogP contribution is -2.40. The van der Waals surface area contributed by atoms with Gasteiger partial charge < -0.3 is 14.6 Å². The standard InChI is InChI=1S/C14H19N3O2/c1-16(2)14(18)17(3)10-12-9-13(15-19-12)11-7-5-4-6-8-11/h4-8,12H,9-10H2,1-3H3. The number of hydrogen-bond donors (Lipinski definition) is 0. The number of urea groups is 1. The summed E-state index contributed by atoms with van der Waals surface area (Å²) in [7, 11) is 5.24. The fourth-order valence-electron chi connectivity index (χ4n) is 2.05. The van der Waals surface area contributed by atoms with Crippen LogP contribution < -0.4 is 0 Å². The van der Waals surface area contributed by atoms with Gasteiger partial charge in [0.05, 0.1) is 12.3 Å². The Bertz CT molecular complexity index is 471. The summed E-state index contributed by atoms with van der Waals surface area (Å²) in [4.78, 5) is 20.3. The molecule has 0 spiro atoms. The van der Waals surface area contributed by atoms with E-state index in [1.807, 2.05) is 30.3 Å². The molecule has 0 saturated heterocycles. The molecule has 2 amide bonds. The van der Waals surface area contributed by atoms with Gasteiger partial charge in [-0.1, -0.05) is 35.5 Å². The normalized spacial score (nSPS) is 17.6. The first kappa shape index (κ1) is 13.4. The molecule has 1 aliphatic heterocycles. The highest BCUT2D eigenvalue weighted by atomic mass is 16.6. The number of carbonyl (C=O) groups is 1. The monoisotopic (exact) mass is 261 g/mol. The van der Waals surface area contributed by atoms with Crippen LogP contribution in [-0.2, 0) is 4.84 Å². The number of hydrogen-bond acceptors (Lipinski definition) is 3. The van der Waals surface area contributed by atoms with Gasteiger partial charge in [0.2, 0.25) is 0 Å². The average Bonchev–Trinajstić information content (AvgIpc) is 2.87. The van der Waals surface area contributed by atoms with Crippen molar-refractivity contribution in [1.82, 2.24) is 9.80 Å². The van der Waals surface area contributed by atoms with Crippen LogP contribution in [0.1, 0.15) is 12.0 Å². The van der Waals surface area contributed by atoms with Crippen molar-refractivity contribution in [1.29, 1.82) is 0 Å². The van der Waals surface area contributed by atoms with Gasteiger partial charge in [0.15, 0.2) is 6.10 Å². The third-order valence-electron chi connectivity index (χ3n) is 3.03. The van der Waals surface area contributed by atoms with Gasteiger partial charge in [-0.15, -0.1) is 0 Å². The lowest BCUT2D eigenvalue weighted by Gasteiger charge is -2.23. The smallest absolute Gasteiger partial charge is 0.319 e. The van der Waals surface area contributed by atoms with Gasteiger partial charge in [-0.2, -0.15) is 0 Å². The van der Waals surface area contributed by atoms with Gasteiger partial charge in [-0.25, -0.2) is 4.79 Å². The summed E-state index contributed by atoms with van der Waals surface area (Å²) in [6.45, 7) is 0.539. The Labute approximate surface area is 113 Å². The van der Waals surface area contributed by atoms with E-state index in [1.165, 1.54) is 0 Å². The van der Waals surface area contributed by atoms with Gasteiger partial charge >= 0.3 is 6.03 Å². The van der Waals surface area contributed by atoms with E-state index in [-0.39, 0.29) is 12.1 Å². The lowest BCUT2D eigenvalue weighted by atomic mass is 10.1. The molecule has 1 atom stereocenters. The number of likely N-dealkylation sites (N-methyl/N-ethyl adjacent to an activating group) is 1. The molecule has 19 heavy (non-hydrogen) atoms. The van der Waals surface area contributed by atoms with Crippen LogP contribution in [0, 0.1) is 0 Å². The van der Waals surface area contributed by atoms with E-state index >= 15 is 0 Å². The average molecular weight is 261 g/mol. The highest BCUT2D eigenvalue weighted by Crippen LogP contribution is 2.17. The highest BCUT2D eigenvalue weighted by molar-refractivity contribution is 6.01. The van der Waals surface area contributed by atoms with Crippen LogP contribution in [0.3, 0.4) is 0 Å². The fourth-order valence-corrected chi connectivity index (χ4v) is 2.05. The summed E-state index contributed by atoms with van der Waals surface area (Å²) in [5.41, 5.74) is 2.02. The number of amides is 2. The number of oxime groups is 1. The minimum Gasteiger partial charge on any atom is -0.390 e. The Balaban J connectivity index is 1.90. The van der Waals surface area contributed by atoms with E-state index < -0.39 is 0 Å². The fraction of sp³-hybridized carbons (Fsp3) is 0.429. The van der Waals surface area contributed by atoms with Gasteiger partial charge in [0, 0.05) is 27.6 Å². The SMILES string of the molecule is CN(C)C(=O)N(C)CC1CC(c2ccccc2)=NO1. The minimum absolute atomic E-state index is 0.0308. The second-order valence-corrected chi connectivity index (χ2v) is 4.89. The number of nitrogens with zero attached hydrogens (tertiary/aromatic N) is 3. The summed E-state index contributed by atoms with van der Waals surface area (Å²) in [6.07, 6.45) is 0.666. The molecule has 102 valence electrons. The largest absolute Gasteiger partial charge is 0.390 e. The maximum atomic E-state index is 11.7. The third kappa shape index (κ3) is 3.24. The Morgan fingerprint density at radius 1 is 1.32 bits per heavy atom. The van der Waals surface area contributed by atoms with Crippen LogP contribution in [-0.4, -0.2) is 55.3 Å². The zero-order valence-corrected chi connectivity index (χ0v) is 11.5. The second kappa shape index (κ2) is 5.73. The number of carbonyl (C=O) groups excluding carboxylic acids is 1. The van der Waals surface area contributed by atoms with Crippen LogP contribution in [0.25, 0.3) is 0 Å². The quantitative estimate of drug-likeness (QED) is 0.832. The van der Waals surface area contributed by atoms with Gasteiger partial charge in [-0.05, 0) is 5.56 Å². The minimum atomic E-state index is -0.0656. The number of rotatable bonds is 3. The molecule has 1 aromatic carbocycles. The Hall–Kier alpha value is -2.04. The predicted octanol–water partition coefficient (Wildman–Crippen LogP) is 1.79. The van der Waals surface area contributed by atoms with E-state index in [0.717, 1.165) is 17.7 Å². The highest BCUT2D eigenvalue weighted by Gasteiger charge is 2.25. The van der Waals surface area contributed by atoms with Gasteiger partial charge in [-0.3, -0.25) is 0 Å². The first-order chi connectivity index (χ1) is 9.08. The molecule has 1 unspecified atom stereocenters.